The van der Waals surface area contributed by atoms with E-state index in [-0.39, 0.29) is 42.0 Å². The number of aromatic hydroxyl groups is 1. The SMILES string of the molecule is COC[C@@H](c1cc(F)cc(F)c1)n1c(COC(C)C)nc(O)c(S(=O)(=O)c2ccc(-c3ccccc3CC(N)=O)cc2)c1=O. The van der Waals surface area contributed by atoms with Crippen LogP contribution in [0, 0.1) is 11.6 Å². The first-order chi connectivity index (χ1) is 20.8. The molecule has 0 radical (unpaired) electrons. The van der Waals surface area contributed by atoms with Crippen molar-refractivity contribution in [2.45, 2.75) is 48.8 Å². The fourth-order valence-electron chi connectivity index (χ4n) is 4.77. The van der Waals surface area contributed by atoms with E-state index < -0.39 is 49.8 Å². The monoisotopic (exact) mass is 627 g/mol. The Kier molecular flexibility index (Phi) is 9.92. The first kappa shape index (κ1) is 32.5. The van der Waals surface area contributed by atoms with Gasteiger partial charge in [-0.1, -0.05) is 36.4 Å². The summed E-state index contributed by atoms with van der Waals surface area (Å²) in [5.74, 6) is -3.64. The zero-order chi connectivity index (χ0) is 32.2. The second-order valence-electron chi connectivity index (χ2n) is 10.2. The van der Waals surface area contributed by atoms with Crippen LogP contribution in [0.3, 0.4) is 0 Å². The number of nitrogens with zero attached hydrogens (tertiary/aromatic N) is 2. The van der Waals surface area contributed by atoms with E-state index in [1.807, 2.05) is 0 Å². The standard InChI is InChI=1S/C31H31F2N3O7S/c1-18(2)43-17-28-35-30(38)29(31(39)36(28)26(16-42-3)21-12-22(32)15-23(33)13-21)44(40,41)24-10-8-19(9-11-24)25-7-5-4-6-20(25)14-27(34)37/h4-13,15,18,26,38H,14,16-17H2,1-3H3,(H2,34,37)/t26-/m0/s1. The lowest BCUT2D eigenvalue weighted by Crippen LogP contribution is -2.35. The van der Waals surface area contributed by atoms with Crippen LogP contribution in [0.2, 0.25) is 0 Å². The van der Waals surface area contributed by atoms with Crippen molar-refractivity contribution in [3.8, 4) is 17.0 Å². The number of sulfone groups is 1. The fourth-order valence-corrected chi connectivity index (χ4v) is 6.11. The molecule has 1 aromatic heterocycles. The molecule has 0 saturated carbocycles. The number of benzene rings is 3. The van der Waals surface area contributed by atoms with Crippen LogP contribution in [0.25, 0.3) is 11.1 Å². The number of halogens is 2. The summed E-state index contributed by atoms with van der Waals surface area (Å²) in [6.45, 7) is 2.79. The smallest absolute Gasteiger partial charge is 0.277 e. The lowest BCUT2D eigenvalue weighted by molar-refractivity contribution is -0.117. The van der Waals surface area contributed by atoms with Gasteiger partial charge in [-0.25, -0.2) is 17.2 Å². The Morgan fingerprint density at radius 3 is 2.27 bits per heavy atom. The molecule has 3 N–H and O–H groups in total. The number of carbonyl (C=O) groups excluding carboxylic acids is 1. The molecule has 10 nitrogen and oxygen atoms in total. The highest BCUT2D eigenvalue weighted by molar-refractivity contribution is 7.91. The van der Waals surface area contributed by atoms with E-state index in [4.69, 9.17) is 15.2 Å². The minimum absolute atomic E-state index is 0.0277. The van der Waals surface area contributed by atoms with Gasteiger partial charge >= 0.3 is 0 Å². The maximum absolute atomic E-state index is 14.2. The predicted octanol–water partition coefficient (Wildman–Crippen LogP) is 3.92. The molecule has 44 heavy (non-hydrogen) atoms. The molecule has 0 fully saturated rings. The summed E-state index contributed by atoms with van der Waals surface area (Å²) in [5, 5.41) is 10.8. The summed E-state index contributed by atoms with van der Waals surface area (Å²) in [6.07, 6.45) is -0.370. The molecule has 0 saturated heterocycles. The van der Waals surface area contributed by atoms with Crippen LogP contribution in [0.5, 0.6) is 5.88 Å². The van der Waals surface area contributed by atoms with Gasteiger partial charge in [0.05, 0.1) is 30.1 Å². The quantitative estimate of drug-likeness (QED) is 0.240. The van der Waals surface area contributed by atoms with Gasteiger partial charge in [0.2, 0.25) is 21.6 Å². The highest BCUT2D eigenvalue weighted by Gasteiger charge is 2.32. The highest BCUT2D eigenvalue weighted by Crippen LogP contribution is 2.31. The van der Waals surface area contributed by atoms with E-state index >= 15 is 0 Å². The van der Waals surface area contributed by atoms with Gasteiger partial charge in [-0.05, 0) is 60.4 Å². The van der Waals surface area contributed by atoms with Gasteiger partial charge < -0.3 is 20.3 Å². The number of methoxy groups -OCH3 is 1. The zero-order valence-electron chi connectivity index (χ0n) is 24.2. The molecule has 0 aliphatic carbocycles. The van der Waals surface area contributed by atoms with Crippen molar-refractivity contribution in [1.29, 1.82) is 0 Å². The summed E-state index contributed by atoms with van der Waals surface area (Å²) in [6, 6.07) is 13.8. The Morgan fingerprint density at radius 2 is 1.68 bits per heavy atom. The van der Waals surface area contributed by atoms with Gasteiger partial charge in [0.15, 0.2) is 4.90 Å². The molecule has 4 rings (SSSR count). The van der Waals surface area contributed by atoms with Gasteiger partial charge in [-0.15, -0.1) is 0 Å². The molecule has 1 heterocycles. The van der Waals surface area contributed by atoms with E-state index in [0.29, 0.717) is 22.8 Å². The number of amides is 1. The van der Waals surface area contributed by atoms with E-state index in [2.05, 4.69) is 4.98 Å². The number of ether oxygens (including phenoxy) is 2. The third kappa shape index (κ3) is 7.01. The highest BCUT2D eigenvalue weighted by atomic mass is 32.2. The van der Waals surface area contributed by atoms with Crippen molar-refractivity contribution in [3.05, 3.63) is 106 Å². The summed E-state index contributed by atoms with van der Waals surface area (Å²) in [7, 11) is -3.40. The molecule has 0 spiro atoms. The van der Waals surface area contributed by atoms with E-state index in [1.165, 1.54) is 31.4 Å². The summed E-state index contributed by atoms with van der Waals surface area (Å²) in [5.41, 5.74) is 6.00. The van der Waals surface area contributed by atoms with Gasteiger partial charge in [0, 0.05) is 13.2 Å². The Bertz CT molecular complexity index is 1820. The maximum Gasteiger partial charge on any atom is 0.277 e. The molecule has 0 aliphatic heterocycles. The maximum atomic E-state index is 14.2. The number of carbonyl (C=O) groups is 1. The fraction of sp³-hybridized carbons (Fsp3) is 0.258. The predicted molar refractivity (Wildman–Crippen MR) is 157 cm³/mol. The first-order valence-corrected chi connectivity index (χ1v) is 14.9. The van der Waals surface area contributed by atoms with Crippen molar-refractivity contribution in [3.63, 3.8) is 0 Å². The Balaban J connectivity index is 1.88. The average Bonchev–Trinajstić information content (AvgIpc) is 2.94. The van der Waals surface area contributed by atoms with Crippen molar-refractivity contribution in [1.82, 2.24) is 9.55 Å². The number of hydrogen-bond acceptors (Lipinski definition) is 8. The molecule has 0 unspecified atom stereocenters. The van der Waals surface area contributed by atoms with Gasteiger partial charge in [-0.2, -0.15) is 4.98 Å². The topological polar surface area (TPSA) is 151 Å². The second-order valence-corrected chi connectivity index (χ2v) is 12.1. The van der Waals surface area contributed by atoms with Crippen LogP contribution in [-0.2, 0) is 37.1 Å². The summed E-state index contributed by atoms with van der Waals surface area (Å²) in [4.78, 5) is 28.2. The number of nitrogens with two attached hydrogens (primary N) is 1. The molecule has 0 aliphatic rings. The lowest BCUT2D eigenvalue weighted by atomic mass is 9.98. The van der Waals surface area contributed by atoms with Crippen LogP contribution in [0.1, 0.15) is 36.8 Å². The average molecular weight is 628 g/mol. The van der Waals surface area contributed by atoms with E-state index in [0.717, 1.165) is 16.7 Å². The molecule has 1 atom stereocenters. The molecule has 4 aromatic rings. The van der Waals surface area contributed by atoms with Crippen LogP contribution < -0.4 is 11.3 Å². The largest absolute Gasteiger partial charge is 0.492 e. The van der Waals surface area contributed by atoms with Crippen LogP contribution >= 0.6 is 0 Å². The molecular weight excluding hydrogens is 596 g/mol. The molecule has 3 aromatic carbocycles. The third-order valence-electron chi connectivity index (χ3n) is 6.71. The zero-order valence-corrected chi connectivity index (χ0v) is 25.0. The van der Waals surface area contributed by atoms with E-state index in [9.17, 15) is 31.9 Å². The van der Waals surface area contributed by atoms with E-state index in [1.54, 1.807) is 38.1 Å². The molecular formula is C31H31F2N3O7S. The Labute approximate surface area is 252 Å². The minimum atomic E-state index is -4.70. The Morgan fingerprint density at radius 1 is 1.05 bits per heavy atom. The molecule has 232 valence electrons. The normalized spacial score (nSPS) is 12.4. The summed E-state index contributed by atoms with van der Waals surface area (Å²) >= 11 is 0. The van der Waals surface area contributed by atoms with Crippen molar-refractivity contribution in [2.75, 3.05) is 13.7 Å². The first-order valence-electron chi connectivity index (χ1n) is 13.5. The van der Waals surface area contributed by atoms with Gasteiger partial charge in [0.25, 0.3) is 5.56 Å². The van der Waals surface area contributed by atoms with Gasteiger partial charge in [0.1, 0.15) is 24.1 Å². The third-order valence-corrected chi connectivity index (χ3v) is 8.49. The number of aromatic nitrogens is 2. The van der Waals surface area contributed by atoms with Crippen LogP contribution in [-0.4, -0.2) is 48.8 Å². The minimum Gasteiger partial charge on any atom is -0.492 e. The van der Waals surface area contributed by atoms with Gasteiger partial charge in [-0.3, -0.25) is 14.2 Å². The van der Waals surface area contributed by atoms with Crippen molar-refractivity contribution in [2.24, 2.45) is 5.73 Å². The molecule has 0 bridgehead atoms. The second kappa shape index (κ2) is 13.5. The Hall–Kier alpha value is -4.46. The lowest BCUT2D eigenvalue weighted by Gasteiger charge is -2.24. The van der Waals surface area contributed by atoms with Crippen molar-refractivity contribution >= 4 is 15.7 Å². The molecule has 13 heteroatoms. The number of primary amides is 1. The summed E-state index contributed by atoms with van der Waals surface area (Å²) < 4.78 is 67.9. The number of hydrogen-bond donors (Lipinski definition) is 2. The number of rotatable bonds is 12. The van der Waals surface area contributed by atoms with Crippen LogP contribution in [0.15, 0.2) is 81.3 Å². The van der Waals surface area contributed by atoms with Crippen molar-refractivity contribution < 1.29 is 36.6 Å². The van der Waals surface area contributed by atoms with Crippen LogP contribution in [0.4, 0.5) is 8.78 Å². The molecule has 1 amide bonds.